The Morgan fingerprint density at radius 1 is 0.938 bits per heavy atom. The molecule has 0 saturated carbocycles. The Morgan fingerprint density at radius 3 is 2.44 bits per heavy atom. The van der Waals surface area contributed by atoms with E-state index in [-0.39, 0.29) is 16.6 Å². The highest BCUT2D eigenvalue weighted by Gasteiger charge is 2.17. The van der Waals surface area contributed by atoms with Crippen LogP contribution in [-0.4, -0.2) is 24.3 Å². The zero-order valence-corrected chi connectivity index (χ0v) is 18.3. The molecule has 0 atom stereocenters. The molecule has 0 saturated heterocycles. The number of pyridine rings is 2. The van der Waals surface area contributed by atoms with Crippen LogP contribution < -0.4 is 5.32 Å². The van der Waals surface area contributed by atoms with Gasteiger partial charge in [-0.1, -0.05) is 23.7 Å². The van der Waals surface area contributed by atoms with Crippen LogP contribution in [0.4, 0.5) is 5.69 Å². The van der Waals surface area contributed by atoms with E-state index < -0.39 is 9.84 Å². The Labute approximate surface area is 190 Å². The predicted molar refractivity (Wildman–Crippen MR) is 124 cm³/mol. The lowest BCUT2D eigenvalue weighted by molar-refractivity contribution is 0.102. The van der Waals surface area contributed by atoms with Gasteiger partial charge in [-0.2, -0.15) is 0 Å². The summed E-state index contributed by atoms with van der Waals surface area (Å²) in [6.07, 6.45) is 4.77. The maximum Gasteiger partial charge on any atom is 0.255 e. The Kier molecular flexibility index (Phi) is 6.30. The van der Waals surface area contributed by atoms with Gasteiger partial charge in [-0.3, -0.25) is 14.8 Å². The molecule has 0 aliphatic rings. The smallest absolute Gasteiger partial charge is 0.255 e. The van der Waals surface area contributed by atoms with Gasteiger partial charge in [0.15, 0.2) is 9.84 Å². The minimum Gasteiger partial charge on any atom is -0.322 e. The van der Waals surface area contributed by atoms with Crippen molar-refractivity contribution in [1.82, 2.24) is 9.97 Å². The second kappa shape index (κ2) is 9.30. The first kappa shape index (κ1) is 21.7. The summed E-state index contributed by atoms with van der Waals surface area (Å²) in [6.45, 7) is 0. The van der Waals surface area contributed by atoms with Gasteiger partial charge in [0.1, 0.15) is 0 Å². The van der Waals surface area contributed by atoms with Crippen LogP contribution in [0.5, 0.6) is 0 Å². The van der Waals surface area contributed by atoms with Crippen molar-refractivity contribution >= 4 is 33.0 Å². The minimum absolute atomic E-state index is 0.141. The Morgan fingerprint density at radius 2 is 1.75 bits per heavy atom. The third kappa shape index (κ3) is 5.01. The van der Waals surface area contributed by atoms with E-state index in [1.165, 1.54) is 30.5 Å². The SMILES string of the molecule is O=C(Nc1ccc(Cl)c(-c2ccccn2)c1)c1ccc(S(=O)(=O)Cc2cccnc2)cc1. The number of nitrogens with zero attached hydrogens (tertiary/aromatic N) is 2. The van der Waals surface area contributed by atoms with E-state index in [2.05, 4.69) is 15.3 Å². The first-order chi connectivity index (χ1) is 15.4. The van der Waals surface area contributed by atoms with Gasteiger partial charge in [-0.15, -0.1) is 0 Å². The van der Waals surface area contributed by atoms with E-state index >= 15 is 0 Å². The largest absolute Gasteiger partial charge is 0.322 e. The maximum absolute atomic E-state index is 12.7. The zero-order valence-electron chi connectivity index (χ0n) is 16.8. The van der Waals surface area contributed by atoms with Crippen LogP contribution in [0, 0.1) is 0 Å². The van der Waals surface area contributed by atoms with Crippen LogP contribution in [0.15, 0.2) is 96.3 Å². The molecular weight excluding hydrogens is 446 g/mol. The summed E-state index contributed by atoms with van der Waals surface area (Å²) in [5.74, 6) is -0.525. The van der Waals surface area contributed by atoms with Gasteiger partial charge in [0.05, 0.1) is 21.4 Å². The molecule has 2 aromatic heterocycles. The number of nitrogens with one attached hydrogen (secondary N) is 1. The number of halogens is 1. The quantitative estimate of drug-likeness (QED) is 0.433. The third-order valence-corrected chi connectivity index (χ3v) is 6.75. The van der Waals surface area contributed by atoms with Gasteiger partial charge in [0.25, 0.3) is 5.91 Å². The minimum atomic E-state index is -3.55. The van der Waals surface area contributed by atoms with Crippen LogP contribution in [0.25, 0.3) is 11.3 Å². The lowest BCUT2D eigenvalue weighted by Gasteiger charge is -2.10. The molecular formula is C24H18ClN3O3S. The average Bonchev–Trinajstić information content (AvgIpc) is 2.81. The zero-order chi connectivity index (χ0) is 22.6. The first-order valence-corrected chi connectivity index (χ1v) is 11.7. The van der Waals surface area contributed by atoms with Crippen molar-refractivity contribution in [3.63, 3.8) is 0 Å². The van der Waals surface area contributed by atoms with Crippen molar-refractivity contribution in [3.8, 4) is 11.3 Å². The second-order valence-corrected chi connectivity index (χ2v) is 9.41. The summed E-state index contributed by atoms with van der Waals surface area (Å²) in [7, 11) is -3.55. The number of hydrogen-bond donors (Lipinski definition) is 1. The fourth-order valence-electron chi connectivity index (χ4n) is 3.12. The predicted octanol–water partition coefficient (Wildman–Crippen LogP) is 5.02. The molecule has 6 nitrogen and oxygen atoms in total. The molecule has 0 aliphatic carbocycles. The van der Waals surface area contributed by atoms with Crippen molar-refractivity contribution in [2.24, 2.45) is 0 Å². The molecule has 2 aromatic carbocycles. The number of amides is 1. The number of anilines is 1. The molecule has 0 spiro atoms. The van der Waals surface area contributed by atoms with Crippen molar-refractivity contribution in [3.05, 3.63) is 108 Å². The number of benzene rings is 2. The van der Waals surface area contributed by atoms with Crippen LogP contribution in [0.1, 0.15) is 15.9 Å². The highest BCUT2D eigenvalue weighted by Crippen LogP contribution is 2.29. The summed E-state index contributed by atoms with van der Waals surface area (Å²) in [6, 6.07) is 19.9. The van der Waals surface area contributed by atoms with Crippen LogP contribution >= 0.6 is 11.6 Å². The molecule has 0 bridgehead atoms. The van der Waals surface area contributed by atoms with Crippen molar-refractivity contribution < 1.29 is 13.2 Å². The molecule has 4 aromatic rings. The highest BCUT2D eigenvalue weighted by molar-refractivity contribution is 7.90. The van der Waals surface area contributed by atoms with Gasteiger partial charge < -0.3 is 5.32 Å². The molecule has 8 heteroatoms. The lowest BCUT2D eigenvalue weighted by atomic mass is 10.1. The first-order valence-electron chi connectivity index (χ1n) is 9.66. The Hall–Kier alpha value is -3.55. The molecule has 0 radical (unpaired) electrons. The van der Waals surface area contributed by atoms with E-state index in [4.69, 9.17) is 11.6 Å². The number of sulfone groups is 1. The summed E-state index contributed by atoms with van der Waals surface area (Å²) in [5, 5.41) is 3.33. The van der Waals surface area contributed by atoms with Gasteiger partial charge in [-0.05, 0) is 66.2 Å². The molecule has 0 unspecified atom stereocenters. The summed E-state index contributed by atoms with van der Waals surface area (Å²) >= 11 is 6.29. The van der Waals surface area contributed by atoms with E-state index in [1.54, 1.807) is 42.7 Å². The Bertz CT molecular complexity index is 1340. The molecule has 1 N–H and O–H groups in total. The lowest BCUT2D eigenvalue weighted by Crippen LogP contribution is -2.12. The molecule has 32 heavy (non-hydrogen) atoms. The van der Waals surface area contributed by atoms with Gasteiger partial charge >= 0.3 is 0 Å². The van der Waals surface area contributed by atoms with E-state index in [1.807, 2.05) is 18.2 Å². The third-order valence-electron chi connectivity index (χ3n) is 4.72. The van der Waals surface area contributed by atoms with Crippen molar-refractivity contribution in [1.29, 1.82) is 0 Å². The topological polar surface area (TPSA) is 89.0 Å². The van der Waals surface area contributed by atoms with Crippen LogP contribution in [-0.2, 0) is 15.6 Å². The monoisotopic (exact) mass is 463 g/mol. The Balaban J connectivity index is 1.50. The number of rotatable bonds is 6. The van der Waals surface area contributed by atoms with Crippen LogP contribution in [0.3, 0.4) is 0 Å². The van der Waals surface area contributed by atoms with E-state index in [0.717, 1.165) is 0 Å². The molecule has 0 fully saturated rings. The van der Waals surface area contributed by atoms with E-state index in [0.29, 0.717) is 33.1 Å². The number of aromatic nitrogens is 2. The molecule has 1 amide bonds. The molecule has 0 aliphatic heterocycles. The fraction of sp³-hybridized carbons (Fsp3) is 0.0417. The van der Waals surface area contributed by atoms with Crippen molar-refractivity contribution in [2.75, 3.05) is 5.32 Å². The molecule has 160 valence electrons. The normalized spacial score (nSPS) is 11.2. The number of carbonyl (C=O) groups excluding carboxylic acids is 1. The molecule has 2 heterocycles. The summed E-state index contributed by atoms with van der Waals surface area (Å²) in [5.41, 5.74) is 2.87. The average molecular weight is 464 g/mol. The number of carbonyl (C=O) groups is 1. The van der Waals surface area contributed by atoms with E-state index in [9.17, 15) is 13.2 Å². The molecule has 4 rings (SSSR count). The fourth-order valence-corrected chi connectivity index (χ4v) is 4.67. The highest BCUT2D eigenvalue weighted by atomic mass is 35.5. The number of hydrogen-bond acceptors (Lipinski definition) is 5. The van der Waals surface area contributed by atoms with Crippen LogP contribution in [0.2, 0.25) is 5.02 Å². The second-order valence-electron chi connectivity index (χ2n) is 7.01. The van der Waals surface area contributed by atoms with Crippen molar-refractivity contribution in [2.45, 2.75) is 10.6 Å². The summed E-state index contributed by atoms with van der Waals surface area (Å²) < 4.78 is 25.3. The maximum atomic E-state index is 12.7. The van der Waals surface area contributed by atoms with Gasteiger partial charge in [-0.25, -0.2) is 8.42 Å². The summed E-state index contributed by atoms with van der Waals surface area (Å²) in [4.78, 5) is 21.1. The van der Waals surface area contributed by atoms with Gasteiger partial charge in [0, 0.05) is 35.4 Å². The standard InChI is InChI=1S/C24H18ClN3O3S/c25-22-11-8-19(14-21(22)23-5-1-2-13-27-23)28-24(29)18-6-9-20(10-7-18)32(30,31)16-17-4-3-12-26-15-17/h1-15H,16H2,(H,28,29). The van der Waals surface area contributed by atoms with Gasteiger partial charge in [0.2, 0.25) is 0 Å².